The molecule has 0 amide bonds. The molecule has 4 rings (SSSR count). The van der Waals surface area contributed by atoms with Gasteiger partial charge in [-0.2, -0.15) is 0 Å². The molecule has 3 saturated carbocycles. The van der Waals surface area contributed by atoms with Gasteiger partial charge in [0.15, 0.2) is 0 Å². The molecule has 4 aliphatic carbocycles. The van der Waals surface area contributed by atoms with Crippen molar-refractivity contribution >= 4 is 0 Å². The molecule has 0 spiro atoms. The van der Waals surface area contributed by atoms with Crippen molar-refractivity contribution in [2.75, 3.05) is 0 Å². The summed E-state index contributed by atoms with van der Waals surface area (Å²) in [6.45, 7) is 14.3. The van der Waals surface area contributed by atoms with Gasteiger partial charge in [-0.15, -0.1) is 0 Å². The Labute approximate surface area is 137 Å². The van der Waals surface area contributed by atoms with Gasteiger partial charge in [-0.05, 0) is 99.7 Å². The molecule has 3 fully saturated rings. The van der Waals surface area contributed by atoms with Crippen molar-refractivity contribution < 1.29 is 0 Å². The van der Waals surface area contributed by atoms with Gasteiger partial charge in [0.05, 0.1) is 0 Å². The SMILES string of the molecule is C=C(C)C1CCC2C3CCC4=C(C)CCC4(C)C3CCC12C. The molecule has 0 saturated heterocycles. The van der Waals surface area contributed by atoms with Crippen LogP contribution >= 0.6 is 0 Å². The summed E-state index contributed by atoms with van der Waals surface area (Å²) in [5.41, 5.74) is 6.23. The lowest BCUT2D eigenvalue weighted by atomic mass is 9.48. The van der Waals surface area contributed by atoms with E-state index in [1.165, 1.54) is 56.9 Å². The standard InChI is InChI=1S/C22H34/c1-14(2)17-8-9-19-16-6-7-18-15(3)10-12-22(18,5)20(16)11-13-21(17,19)4/h16-17,19-20H,1,6-13H2,2-5H3. The first-order valence-corrected chi connectivity index (χ1v) is 9.72. The Kier molecular flexibility index (Phi) is 3.24. The highest BCUT2D eigenvalue weighted by Gasteiger charge is 2.59. The summed E-state index contributed by atoms with van der Waals surface area (Å²) in [6.07, 6.45) is 11.5. The summed E-state index contributed by atoms with van der Waals surface area (Å²) < 4.78 is 0. The van der Waals surface area contributed by atoms with Gasteiger partial charge in [-0.25, -0.2) is 0 Å². The van der Waals surface area contributed by atoms with Gasteiger partial charge in [0.2, 0.25) is 0 Å². The first kappa shape index (κ1) is 15.0. The summed E-state index contributed by atoms with van der Waals surface area (Å²) in [7, 11) is 0. The number of rotatable bonds is 1. The van der Waals surface area contributed by atoms with E-state index in [0.717, 1.165) is 23.7 Å². The summed E-state index contributed by atoms with van der Waals surface area (Å²) in [5, 5.41) is 0. The van der Waals surface area contributed by atoms with Crippen molar-refractivity contribution in [1.29, 1.82) is 0 Å². The molecule has 0 radical (unpaired) electrons. The van der Waals surface area contributed by atoms with Crippen LogP contribution < -0.4 is 0 Å². The van der Waals surface area contributed by atoms with Gasteiger partial charge in [-0.3, -0.25) is 0 Å². The number of hydrogen-bond acceptors (Lipinski definition) is 0. The van der Waals surface area contributed by atoms with E-state index in [4.69, 9.17) is 0 Å². The van der Waals surface area contributed by atoms with E-state index in [-0.39, 0.29) is 0 Å². The average Bonchev–Trinajstić information content (AvgIpc) is 2.96. The topological polar surface area (TPSA) is 0 Å². The van der Waals surface area contributed by atoms with Crippen LogP contribution in [0.5, 0.6) is 0 Å². The zero-order valence-electron chi connectivity index (χ0n) is 15.2. The van der Waals surface area contributed by atoms with E-state index < -0.39 is 0 Å². The number of hydrogen-bond donors (Lipinski definition) is 0. The van der Waals surface area contributed by atoms with Crippen LogP contribution in [0.3, 0.4) is 0 Å². The maximum Gasteiger partial charge on any atom is -0.00798 e. The van der Waals surface area contributed by atoms with Crippen LogP contribution in [0.1, 0.15) is 79.1 Å². The van der Waals surface area contributed by atoms with Gasteiger partial charge < -0.3 is 0 Å². The molecule has 122 valence electrons. The lowest BCUT2D eigenvalue weighted by molar-refractivity contribution is -0.0404. The van der Waals surface area contributed by atoms with E-state index in [1.807, 2.05) is 5.57 Å². The third-order valence-corrected chi connectivity index (χ3v) is 8.80. The van der Waals surface area contributed by atoms with Gasteiger partial charge in [0.25, 0.3) is 0 Å². The normalized spacial score (nSPS) is 50.5. The molecular weight excluding hydrogens is 264 g/mol. The molecule has 0 nitrogen and oxygen atoms in total. The van der Waals surface area contributed by atoms with E-state index in [0.29, 0.717) is 10.8 Å². The van der Waals surface area contributed by atoms with Crippen LogP contribution in [-0.4, -0.2) is 0 Å². The number of fused-ring (bicyclic) bond motifs is 5. The Morgan fingerprint density at radius 2 is 1.77 bits per heavy atom. The van der Waals surface area contributed by atoms with E-state index in [2.05, 4.69) is 34.3 Å². The molecule has 0 aromatic carbocycles. The summed E-state index contributed by atoms with van der Waals surface area (Å²) >= 11 is 0. The molecule has 0 N–H and O–H groups in total. The molecule has 6 unspecified atom stereocenters. The zero-order valence-corrected chi connectivity index (χ0v) is 15.2. The predicted octanol–water partition coefficient (Wildman–Crippen LogP) is 6.53. The second kappa shape index (κ2) is 4.74. The molecule has 6 atom stereocenters. The molecule has 4 aliphatic rings. The molecule has 22 heavy (non-hydrogen) atoms. The molecule has 0 aromatic heterocycles. The van der Waals surface area contributed by atoms with Crippen molar-refractivity contribution in [3.63, 3.8) is 0 Å². The Bertz CT molecular complexity index is 538. The maximum atomic E-state index is 4.35. The summed E-state index contributed by atoms with van der Waals surface area (Å²) in [4.78, 5) is 0. The molecule has 0 bridgehead atoms. The second-order valence-electron chi connectivity index (χ2n) is 9.61. The van der Waals surface area contributed by atoms with Gasteiger partial charge in [0, 0.05) is 0 Å². The zero-order chi connectivity index (χ0) is 15.7. The molecular formula is C22H34. The van der Waals surface area contributed by atoms with Crippen molar-refractivity contribution in [3.05, 3.63) is 23.3 Å². The highest BCUT2D eigenvalue weighted by Crippen LogP contribution is 2.68. The van der Waals surface area contributed by atoms with Crippen LogP contribution in [-0.2, 0) is 0 Å². The number of allylic oxidation sites excluding steroid dienone is 3. The minimum Gasteiger partial charge on any atom is -0.0998 e. The maximum absolute atomic E-state index is 4.35. The smallest absolute Gasteiger partial charge is 0.00798 e. The Hall–Kier alpha value is -0.520. The van der Waals surface area contributed by atoms with Crippen LogP contribution in [0.2, 0.25) is 0 Å². The molecule has 0 heterocycles. The Morgan fingerprint density at radius 1 is 1.00 bits per heavy atom. The van der Waals surface area contributed by atoms with E-state index in [9.17, 15) is 0 Å². The minimum absolute atomic E-state index is 0.565. The third-order valence-electron chi connectivity index (χ3n) is 8.80. The highest BCUT2D eigenvalue weighted by molar-refractivity contribution is 5.31. The van der Waals surface area contributed by atoms with E-state index >= 15 is 0 Å². The van der Waals surface area contributed by atoms with Crippen LogP contribution in [0.15, 0.2) is 23.3 Å². The largest absolute Gasteiger partial charge is 0.0998 e. The first-order valence-electron chi connectivity index (χ1n) is 9.72. The highest BCUT2D eigenvalue weighted by atomic mass is 14.6. The fraction of sp³-hybridized carbons (Fsp3) is 0.818. The minimum atomic E-state index is 0.565. The van der Waals surface area contributed by atoms with Crippen molar-refractivity contribution in [2.24, 2.45) is 34.5 Å². The lowest BCUT2D eigenvalue weighted by Crippen LogP contribution is -2.48. The van der Waals surface area contributed by atoms with Gasteiger partial charge in [-0.1, -0.05) is 37.1 Å². The van der Waals surface area contributed by atoms with Gasteiger partial charge >= 0.3 is 0 Å². The van der Waals surface area contributed by atoms with Gasteiger partial charge in [0.1, 0.15) is 0 Å². The quantitative estimate of drug-likeness (QED) is 0.483. The van der Waals surface area contributed by atoms with Crippen LogP contribution in [0.4, 0.5) is 0 Å². The first-order chi connectivity index (χ1) is 10.4. The Balaban J connectivity index is 1.68. The van der Waals surface area contributed by atoms with Crippen molar-refractivity contribution in [2.45, 2.75) is 79.1 Å². The van der Waals surface area contributed by atoms with Crippen molar-refractivity contribution in [1.82, 2.24) is 0 Å². The summed E-state index contributed by atoms with van der Waals surface area (Å²) in [5.74, 6) is 3.76. The van der Waals surface area contributed by atoms with Crippen molar-refractivity contribution in [3.8, 4) is 0 Å². The third kappa shape index (κ3) is 1.76. The molecule has 0 aromatic rings. The Morgan fingerprint density at radius 3 is 2.50 bits per heavy atom. The van der Waals surface area contributed by atoms with Crippen LogP contribution in [0, 0.1) is 34.5 Å². The average molecular weight is 299 g/mol. The molecule has 0 heteroatoms. The fourth-order valence-electron chi connectivity index (χ4n) is 7.75. The monoisotopic (exact) mass is 298 g/mol. The lowest BCUT2D eigenvalue weighted by Gasteiger charge is -2.56. The fourth-order valence-corrected chi connectivity index (χ4v) is 7.75. The van der Waals surface area contributed by atoms with E-state index in [1.54, 1.807) is 5.57 Å². The summed E-state index contributed by atoms with van der Waals surface area (Å²) in [6, 6.07) is 0. The van der Waals surface area contributed by atoms with Crippen LogP contribution in [0.25, 0.3) is 0 Å². The molecule has 0 aliphatic heterocycles. The predicted molar refractivity (Wildman–Crippen MR) is 94.6 cm³/mol. The second-order valence-corrected chi connectivity index (χ2v) is 9.61.